The molecular formula is C25H43NOS. The zero-order valence-corrected chi connectivity index (χ0v) is 19.8. The van der Waals surface area contributed by atoms with Crippen molar-refractivity contribution in [1.82, 2.24) is 0 Å². The Morgan fingerprint density at radius 2 is 1.43 bits per heavy atom. The first-order valence-corrected chi connectivity index (χ1v) is 11.9. The molecule has 0 heterocycles. The summed E-state index contributed by atoms with van der Waals surface area (Å²) in [6.07, 6.45) is 16.0. The molecule has 28 heavy (non-hydrogen) atoms. The number of phenols is 1. The third kappa shape index (κ3) is 8.51. The maximum atomic E-state index is 10.1. The van der Waals surface area contributed by atoms with E-state index < -0.39 is 0 Å². The molecule has 0 amide bonds. The Bertz CT molecular complexity index is 597. The maximum Gasteiger partial charge on any atom is 0.121 e. The largest absolute Gasteiger partial charge is 0.507 e. The average molecular weight is 406 g/mol. The van der Waals surface area contributed by atoms with Crippen molar-refractivity contribution in [2.24, 2.45) is 5.92 Å². The molecule has 0 bridgehead atoms. The van der Waals surface area contributed by atoms with Gasteiger partial charge in [0.1, 0.15) is 5.75 Å². The summed E-state index contributed by atoms with van der Waals surface area (Å²) in [5, 5.41) is 13.6. The lowest BCUT2D eigenvalue weighted by atomic mass is 9.96. The molecule has 0 spiro atoms. The van der Waals surface area contributed by atoms with Crippen LogP contribution in [0.25, 0.3) is 0 Å². The fraction of sp³-hybridized carbons (Fsp3) is 0.720. The second kappa shape index (κ2) is 14.0. The van der Waals surface area contributed by atoms with Crippen LogP contribution < -0.4 is 5.32 Å². The summed E-state index contributed by atoms with van der Waals surface area (Å²) in [4.78, 5) is 0.950. The van der Waals surface area contributed by atoms with Crippen LogP contribution in [-0.2, 0) is 0 Å². The Balaban J connectivity index is 2.33. The van der Waals surface area contributed by atoms with E-state index in [2.05, 4.69) is 19.2 Å². The zero-order valence-electron chi connectivity index (χ0n) is 19.0. The number of rotatable bonds is 14. The molecule has 1 aromatic rings. The minimum absolute atomic E-state index is 0.395. The summed E-state index contributed by atoms with van der Waals surface area (Å²) in [6, 6.07) is 2.01. The molecule has 1 unspecified atom stereocenters. The lowest BCUT2D eigenvalue weighted by Gasteiger charge is -2.20. The number of thiocarbonyl (C=S) groups is 1. The van der Waals surface area contributed by atoms with Crippen molar-refractivity contribution >= 4 is 22.9 Å². The van der Waals surface area contributed by atoms with Crippen LogP contribution >= 0.6 is 12.2 Å². The summed E-state index contributed by atoms with van der Waals surface area (Å²) < 4.78 is 0. The van der Waals surface area contributed by atoms with Crippen LogP contribution in [0.1, 0.15) is 108 Å². The van der Waals surface area contributed by atoms with Crippen molar-refractivity contribution < 1.29 is 5.11 Å². The lowest BCUT2D eigenvalue weighted by Crippen LogP contribution is -2.21. The summed E-state index contributed by atoms with van der Waals surface area (Å²) in [5.74, 6) is 0.837. The molecule has 0 saturated carbocycles. The highest BCUT2D eigenvalue weighted by atomic mass is 32.1. The quantitative estimate of drug-likeness (QED) is 0.185. The van der Waals surface area contributed by atoms with E-state index in [4.69, 9.17) is 12.2 Å². The third-order valence-electron chi connectivity index (χ3n) is 6.08. The maximum absolute atomic E-state index is 10.1. The second-order valence-electron chi connectivity index (χ2n) is 8.40. The monoisotopic (exact) mass is 405 g/mol. The average Bonchev–Trinajstić information content (AvgIpc) is 2.68. The van der Waals surface area contributed by atoms with Gasteiger partial charge in [-0.3, -0.25) is 0 Å². The van der Waals surface area contributed by atoms with Gasteiger partial charge >= 0.3 is 0 Å². The predicted molar refractivity (Wildman–Crippen MR) is 129 cm³/mol. The molecule has 2 nitrogen and oxygen atoms in total. The third-order valence-corrected chi connectivity index (χ3v) is 6.52. The van der Waals surface area contributed by atoms with Crippen molar-refractivity contribution in [3.05, 3.63) is 22.8 Å². The van der Waals surface area contributed by atoms with Crippen LogP contribution in [0.2, 0.25) is 0 Å². The predicted octanol–water partition coefficient (Wildman–Crippen LogP) is 8.39. The number of anilines is 1. The molecule has 0 fully saturated rings. The molecular weight excluding hydrogens is 362 g/mol. The van der Waals surface area contributed by atoms with Crippen LogP contribution in [-0.4, -0.2) is 10.1 Å². The molecule has 160 valence electrons. The highest BCUT2D eigenvalue weighted by Gasteiger charge is 2.15. The number of hydrogen-bond donors (Lipinski definition) is 2. The van der Waals surface area contributed by atoms with E-state index in [1.165, 1.54) is 70.6 Å². The fourth-order valence-corrected chi connectivity index (χ4v) is 4.23. The lowest BCUT2D eigenvalue weighted by molar-refractivity contribution is 0.466. The first kappa shape index (κ1) is 24.9. The van der Waals surface area contributed by atoms with Crippen molar-refractivity contribution in [2.75, 3.05) is 5.32 Å². The molecule has 1 atom stereocenters. The number of aromatic hydroxyl groups is 1. The molecule has 3 heteroatoms. The number of unbranched alkanes of at least 4 members (excludes halogenated alkanes) is 9. The number of benzene rings is 1. The minimum Gasteiger partial charge on any atom is -0.507 e. The van der Waals surface area contributed by atoms with Gasteiger partial charge in [-0.05, 0) is 56.4 Å². The van der Waals surface area contributed by atoms with Crippen molar-refractivity contribution in [2.45, 2.75) is 112 Å². The summed E-state index contributed by atoms with van der Waals surface area (Å²) >= 11 is 5.73. The Labute approximate surface area is 179 Å². The van der Waals surface area contributed by atoms with Gasteiger partial charge in [0.05, 0.1) is 4.99 Å². The number of hydrogen-bond acceptors (Lipinski definition) is 2. The molecule has 0 aliphatic heterocycles. The molecule has 0 saturated heterocycles. The Morgan fingerprint density at radius 3 is 1.96 bits per heavy atom. The number of nitrogens with one attached hydrogen (secondary N) is 1. The Morgan fingerprint density at radius 1 is 0.893 bits per heavy atom. The summed E-state index contributed by atoms with van der Waals surface area (Å²) in [7, 11) is 0. The molecule has 1 rings (SSSR count). The van der Waals surface area contributed by atoms with Gasteiger partial charge in [0.15, 0.2) is 0 Å². The van der Waals surface area contributed by atoms with Crippen LogP contribution in [0, 0.1) is 26.7 Å². The van der Waals surface area contributed by atoms with Crippen LogP contribution in [0.3, 0.4) is 0 Å². The molecule has 1 aromatic carbocycles. The van der Waals surface area contributed by atoms with E-state index in [0.717, 1.165) is 33.8 Å². The van der Waals surface area contributed by atoms with Gasteiger partial charge in [0.25, 0.3) is 0 Å². The fourth-order valence-electron chi connectivity index (χ4n) is 3.83. The Kier molecular flexibility index (Phi) is 12.5. The van der Waals surface area contributed by atoms with Gasteiger partial charge in [0.2, 0.25) is 0 Å². The van der Waals surface area contributed by atoms with Gasteiger partial charge in [-0.1, -0.05) is 90.3 Å². The first-order valence-electron chi connectivity index (χ1n) is 11.5. The van der Waals surface area contributed by atoms with Crippen molar-refractivity contribution in [1.29, 1.82) is 0 Å². The van der Waals surface area contributed by atoms with Crippen molar-refractivity contribution in [3.63, 3.8) is 0 Å². The van der Waals surface area contributed by atoms with Gasteiger partial charge in [-0.2, -0.15) is 0 Å². The van der Waals surface area contributed by atoms with Gasteiger partial charge in [0, 0.05) is 11.6 Å². The summed E-state index contributed by atoms with van der Waals surface area (Å²) in [5.41, 5.74) is 3.96. The first-order chi connectivity index (χ1) is 13.4. The topological polar surface area (TPSA) is 32.3 Å². The smallest absolute Gasteiger partial charge is 0.121 e. The number of aryl methyl sites for hydroxylation is 1. The van der Waals surface area contributed by atoms with Gasteiger partial charge < -0.3 is 10.4 Å². The summed E-state index contributed by atoms with van der Waals surface area (Å²) in [6.45, 7) is 10.5. The van der Waals surface area contributed by atoms with E-state index >= 15 is 0 Å². The highest BCUT2D eigenvalue weighted by Crippen LogP contribution is 2.31. The van der Waals surface area contributed by atoms with Crippen molar-refractivity contribution in [3.8, 4) is 5.75 Å². The second-order valence-corrected chi connectivity index (χ2v) is 8.84. The molecule has 0 aromatic heterocycles. The molecule has 0 aliphatic carbocycles. The van der Waals surface area contributed by atoms with Gasteiger partial charge in [-0.15, -0.1) is 0 Å². The Hall–Kier alpha value is -1.09. The molecule has 2 N–H and O–H groups in total. The highest BCUT2D eigenvalue weighted by molar-refractivity contribution is 7.80. The van der Waals surface area contributed by atoms with E-state index in [9.17, 15) is 5.11 Å². The van der Waals surface area contributed by atoms with Crippen LogP contribution in [0.15, 0.2) is 6.07 Å². The standard InChI is InChI=1S/C25H43NOS/c1-6-8-9-10-11-12-13-14-15-16-17-22(7-2)25(28)26-23-18-19(3)24(27)21(5)20(23)4/h18,22,27H,6-17H2,1-5H3,(H,26,28). The van der Waals surface area contributed by atoms with E-state index in [-0.39, 0.29) is 0 Å². The zero-order chi connectivity index (χ0) is 20.9. The normalized spacial score (nSPS) is 12.2. The van der Waals surface area contributed by atoms with E-state index in [1.54, 1.807) is 0 Å². The van der Waals surface area contributed by atoms with Gasteiger partial charge in [-0.25, -0.2) is 0 Å². The van der Waals surface area contributed by atoms with Crippen LogP contribution in [0.5, 0.6) is 5.75 Å². The van der Waals surface area contributed by atoms with Crippen LogP contribution in [0.4, 0.5) is 5.69 Å². The van der Waals surface area contributed by atoms with E-state index in [1.807, 2.05) is 26.8 Å². The molecule has 0 aliphatic rings. The SMILES string of the molecule is CCCCCCCCCCCCC(CC)C(=S)Nc1cc(C)c(O)c(C)c1C. The number of phenolic OH excluding ortho intramolecular Hbond substituents is 1. The van der Waals surface area contributed by atoms with E-state index in [0.29, 0.717) is 11.7 Å². The minimum atomic E-state index is 0.395. The molecule has 0 radical (unpaired) electrons.